The number of benzene rings is 1. The molecule has 2 amide bonds. The van der Waals surface area contributed by atoms with Gasteiger partial charge in [0.1, 0.15) is 0 Å². The molecule has 0 aliphatic carbocycles. The molecule has 4 N–H and O–H groups in total. The minimum atomic E-state index is -0.559. The van der Waals surface area contributed by atoms with E-state index in [1.54, 1.807) is 17.3 Å². The highest BCUT2D eigenvalue weighted by molar-refractivity contribution is 7.08. The lowest BCUT2D eigenvalue weighted by Crippen LogP contribution is -2.32. The van der Waals surface area contributed by atoms with Gasteiger partial charge in [0, 0.05) is 36.0 Å². The molecule has 0 saturated heterocycles. The number of hydrogen-bond acceptors (Lipinski definition) is 4. The maximum atomic E-state index is 12.0. The Labute approximate surface area is 143 Å². The highest BCUT2D eigenvalue weighted by Crippen LogP contribution is 2.36. The highest BCUT2D eigenvalue weighted by atomic mass is 32.1. The predicted molar refractivity (Wildman–Crippen MR) is 93.6 cm³/mol. The van der Waals surface area contributed by atoms with E-state index in [4.69, 9.17) is 11.5 Å². The summed E-state index contributed by atoms with van der Waals surface area (Å²) in [6.07, 6.45) is 3.40. The van der Waals surface area contributed by atoms with Crippen LogP contribution in [-0.2, 0) is 16.1 Å². The second-order valence-corrected chi connectivity index (χ2v) is 6.33. The molecule has 2 aromatic rings. The number of nitrogens with zero attached hydrogens (tertiary/aromatic N) is 1. The molecule has 5 nitrogen and oxygen atoms in total. The quantitative estimate of drug-likeness (QED) is 0.874. The van der Waals surface area contributed by atoms with Gasteiger partial charge < -0.3 is 16.4 Å². The van der Waals surface area contributed by atoms with E-state index in [1.165, 1.54) is 11.3 Å². The normalized spacial score (nSPS) is 14.9. The molecule has 1 aliphatic heterocycles. The molecular weight excluding hydrogens is 322 g/mol. The summed E-state index contributed by atoms with van der Waals surface area (Å²) in [5.74, 6) is -1.63. The van der Waals surface area contributed by atoms with Crippen molar-refractivity contribution >= 4 is 23.2 Å². The first kappa shape index (κ1) is 16.0. The zero-order valence-electron chi connectivity index (χ0n) is 12.9. The predicted octanol–water partition coefficient (Wildman–Crippen LogP) is 2.09. The van der Waals surface area contributed by atoms with Gasteiger partial charge in [0.2, 0.25) is 11.8 Å². The third kappa shape index (κ3) is 3.23. The number of primary amides is 2. The number of amides is 2. The number of rotatable bonds is 5. The Kier molecular flexibility index (Phi) is 4.48. The Balaban J connectivity index is 2.01. The summed E-state index contributed by atoms with van der Waals surface area (Å²) in [4.78, 5) is 25.7. The largest absolute Gasteiger partial charge is 0.366 e. The van der Waals surface area contributed by atoms with Crippen molar-refractivity contribution in [3.05, 3.63) is 81.8 Å². The minimum Gasteiger partial charge on any atom is -0.366 e. The zero-order chi connectivity index (χ0) is 17.1. The average Bonchev–Trinajstić information content (AvgIpc) is 3.09. The fourth-order valence-corrected chi connectivity index (χ4v) is 3.49. The first-order valence-corrected chi connectivity index (χ1v) is 8.35. The van der Waals surface area contributed by atoms with Crippen molar-refractivity contribution in [3.8, 4) is 0 Å². The molecule has 1 aromatic heterocycles. The summed E-state index contributed by atoms with van der Waals surface area (Å²) in [6, 6.07) is 11.6. The maximum absolute atomic E-state index is 12.0. The molecule has 122 valence electrons. The molecule has 2 heterocycles. The number of carbonyl (C=O) groups excluding carboxylic acids is 2. The zero-order valence-corrected chi connectivity index (χ0v) is 13.7. The molecule has 0 fully saturated rings. The van der Waals surface area contributed by atoms with E-state index < -0.39 is 17.7 Å². The van der Waals surface area contributed by atoms with Crippen molar-refractivity contribution in [2.75, 3.05) is 0 Å². The number of carbonyl (C=O) groups is 2. The van der Waals surface area contributed by atoms with Gasteiger partial charge in [-0.3, -0.25) is 9.59 Å². The van der Waals surface area contributed by atoms with Crippen LogP contribution in [0.2, 0.25) is 0 Å². The fraction of sp³-hybridized carbons (Fsp3) is 0.111. The lowest BCUT2D eigenvalue weighted by Gasteiger charge is -2.29. The summed E-state index contributed by atoms with van der Waals surface area (Å²) >= 11 is 1.49. The van der Waals surface area contributed by atoms with Crippen LogP contribution in [0.5, 0.6) is 0 Å². The van der Waals surface area contributed by atoms with Crippen LogP contribution < -0.4 is 11.5 Å². The summed E-state index contributed by atoms with van der Waals surface area (Å²) in [7, 11) is 0. The van der Waals surface area contributed by atoms with Gasteiger partial charge in [-0.15, -0.1) is 0 Å². The summed E-state index contributed by atoms with van der Waals surface area (Å²) in [6.45, 7) is 0.519. The lowest BCUT2D eigenvalue weighted by molar-refractivity contribution is -0.115. The van der Waals surface area contributed by atoms with E-state index in [0.29, 0.717) is 17.7 Å². The van der Waals surface area contributed by atoms with Gasteiger partial charge in [0.25, 0.3) is 0 Å². The van der Waals surface area contributed by atoms with E-state index in [9.17, 15) is 9.59 Å². The first-order chi connectivity index (χ1) is 11.6. The average molecular weight is 339 g/mol. The molecule has 0 atom stereocenters. The molecule has 0 bridgehead atoms. The summed E-state index contributed by atoms with van der Waals surface area (Å²) in [5.41, 5.74) is 13.8. The van der Waals surface area contributed by atoms with Gasteiger partial charge in [0.05, 0.1) is 0 Å². The first-order valence-electron chi connectivity index (χ1n) is 7.41. The molecular formula is C18H17N3O2S. The topological polar surface area (TPSA) is 89.4 Å². The van der Waals surface area contributed by atoms with Gasteiger partial charge >= 0.3 is 0 Å². The molecule has 6 heteroatoms. The van der Waals surface area contributed by atoms with Crippen LogP contribution in [0.15, 0.2) is 70.7 Å². The van der Waals surface area contributed by atoms with E-state index in [1.807, 2.05) is 47.2 Å². The van der Waals surface area contributed by atoms with Crippen LogP contribution in [0, 0.1) is 0 Å². The number of hydrogen-bond donors (Lipinski definition) is 2. The Morgan fingerprint density at radius 1 is 1.00 bits per heavy atom. The van der Waals surface area contributed by atoms with Gasteiger partial charge in [-0.05, 0) is 28.0 Å². The third-order valence-electron chi connectivity index (χ3n) is 3.89. The Bertz CT molecular complexity index is 778. The van der Waals surface area contributed by atoms with Crippen molar-refractivity contribution in [3.63, 3.8) is 0 Å². The Morgan fingerprint density at radius 3 is 2.12 bits per heavy atom. The van der Waals surface area contributed by atoms with Crippen LogP contribution >= 0.6 is 11.3 Å². The van der Waals surface area contributed by atoms with Gasteiger partial charge in [0.15, 0.2) is 0 Å². The van der Waals surface area contributed by atoms with Crippen molar-refractivity contribution in [2.45, 2.75) is 12.5 Å². The molecule has 24 heavy (non-hydrogen) atoms. The number of nitrogens with two attached hydrogens (primary N) is 2. The molecule has 0 unspecified atom stereocenters. The summed E-state index contributed by atoms with van der Waals surface area (Å²) < 4.78 is 0. The smallest absolute Gasteiger partial charge is 0.247 e. The van der Waals surface area contributed by atoms with Crippen molar-refractivity contribution in [1.82, 2.24) is 4.90 Å². The van der Waals surface area contributed by atoms with Crippen LogP contribution in [0.1, 0.15) is 17.0 Å². The summed E-state index contributed by atoms with van der Waals surface area (Å²) in [5, 5.41) is 3.79. The van der Waals surface area contributed by atoms with Crippen LogP contribution in [0.25, 0.3) is 0 Å². The van der Waals surface area contributed by atoms with E-state index >= 15 is 0 Å². The van der Waals surface area contributed by atoms with Gasteiger partial charge in [-0.1, -0.05) is 30.3 Å². The van der Waals surface area contributed by atoms with Crippen LogP contribution in [-0.4, -0.2) is 16.7 Å². The van der Waals surface area contributed by atoms with Crippen molar-refractivity contribution in [1.29, 1.82) is 0 Å². The highest BCUT2D eigenvalue weighted by Gasteiger charge is 2.32. The molecule has 3 rings (SSSR count). The van der Waals surface area contributed by atoms with Gasteiger partial charge in [-0.2, -0.15) is 11.3 Å². The van der Waals surface area contributed by atoms with Crippen LogP contribution in [0.3, 0.4) is 0 Å². The second-order valence-electron chi connectivity index (χ2n) is 5.55. The number of thiophene rings is 1. The molecule has 0 radical (unpaired) electrons. The monoisotopic (exact) mass is 339 g/mol. The second kappa shape index (κ2) is 6.72. The Morgan fingerprint density at radius 2 is 1.62 bits per heavy atom. The van der Waals surface area contributed by atoms with Gasteiger partial charge in [-0.25, -0.2) is 0 Å². The van der Waals surface area contributed by atoms with Crippen molar-refractivity contribution < 1.29 is 9.59 Å². The van der Waals surface area contributed by atoms with E-state index in [-0.39, 0.29) is 0 Å². The Hall–Kier alpha value is -2.86. The van der Waals surface area contributed by atoms with Crippen molar-refractivity contribution in [2.24, 2.45) is 11.5 Å². The third-order valence-corrected chi connectivity index (χ3v) is 4.59. The molecule has 0 spiro atoms. The standard InChI is InChI=1S/C18H17N3O2S/c19-17(22)14-9-21(8-12-4-2-1-3-5-12)10-15(18(20)23)16(14)13-6-7-24-11-13/h1-7,9-11,16H,8H2,(H2,19,22)(H2,20,23). The van der Waals surface area contributed by atoms with E-state index in [2.05, 4.69) is 0 Å². The molecule has 1 aliphatic rings. The minimum absolute atomic E-state index is 0.362. The lowest BCUT2D eigenvalue weighted by atomic mass is 9.84. The van der Waals surface area contributed by atoms with E-state index in [0.717, 1.165) is 11.1 Å². The molecule has 0 saturated carbocycles. The SMILES string of the molecule is NC(=O)C1=CN(Cc2ccccc2)C=C(C(N)=O)C1c1ccsc1. The maximum Gasteiger partial charge on any atom is 0.247 e. The fourth-order valence-electron chi connectivity index (χ4n) is 2.81. The molecule has 1 aromatic carbocycles. The van der Waals surface area contributed by atoms with Crippen LogP contribution in [0.4, 0.5) is 0 Å².